The summed E-state index contributed by atoms with van der Waals surface area (Å²) in [6.45, 7) is -0.216. The molecule has 0 aliphatic heterocycles. The summed E-state index contributed by atoms with van der Waals surface area (Å²) in [6.07, 6.45) is 1.49. The Labute approximate surface area is 150 Å². The summed E-state index contributed by atoms with van der Waals surface area (Å²) in [5.74, 6) is 0.280. The van der Waals surface area contributed by atoms with E-state index < -0.39 is 11.9 Å². The van der Waals surface area contributed by atoms with E-state index in [-0.39, 0.29) is 6.54 Å². The van der Waals surface area contributed by atoms with Crippen molar-refractivity contribution in [3.8, 4) is 5.75 Å². The first-order valence-electron chi connectivity index (χ1n) is 7.33. The summed E-state index contributed by atoms with van der Waals surface area (Å²) in [7, 11) is 1.58. The average Bonchev–Trinajstić information content (AvgIpc) is 2.60. The number of methoxy groups -OCH3 is 1. The van der Waals surface area contributed by atoms with Crippen LogP contribution in [-0.2, 0) is 4.79 Å². The van der Waals surface area contributed by atoms with Gasteiger partial charge in [-0.2, -0.15) is 5.10 Å². The number of halogens is 1. The molecule has 25 heavy (non-hydrogen) atoms. The maximum atomic E-state index is 11.7. The molecule has 7 nitrogen and oxygen atoms in total. The normalized spacial score (nSPS) is 10.3. The van der Waals surface area contributed by atoms with E-state index in [1.165, 1.54) is 6.21 Å². The molecular formula is C17H17ClN4O3. The molecule has 2 aromatic rings. The average molecular weight is 361 g/mol. The van der Waals surface area contributed by atoms with Crippen molar-refractivity contribution >= 4 is 35.4 Å². The number of nitrogens with zero attached hydrogens (tertiary/aromatic N) is 1. The third-order valence-electron chi connectivity index (χ3n) is 3.01. The molecule has 0 atom stereocenters. The standard InChI is InChI=1S/C17H17ClN4O3/c1-25-15-7-5-12(6-8-15)10-20-22-16(23)11-19-17(24)21-14-4-2-3-13(18)9-14/h2-10H,11H2,1H3,(H,22,23)(H2,19,21,24). The van der Waals surface area contributed by atoms with E-state index in [1.807, 2.05) is 0 Å². The van der Waals surface area contributed by atoms with Gasteiger partial charge in [0, 0.05) is 10.7 Å². The van der Waals surface area contributed by atoms with Gasteiger partial charge in [0.1, 0.15) is 12.3 Å². The molecule has 0 radical (unpaired) electrons. The van der Waals surface area contributed by atoms with E-state index in [9.17, 15) is 9.59 Å². The van der Waals surface area contributed by atoms with Gasteiger partial charge in [-0.1, -0.05) is 17.7 Å². The van der Waals surface area contributed by atoms with Gasteiger partial charge in [-0.25, -0.2) is 10.2 Å². The van der Waals surface area contributed by atoms with Crippen LogP contribution in [0.15, 0.2) is 53.6 Å². The van der Waals surface area contributed by atoms with Crippen molar-refractivity contribution in [2.24, 2.45) is 5.10 Å². The van der Waals surface area contributed by atoms with Gasteiger partial charge in [-0.05, 0) is 48.0 Å². The maximum absolute atomic E-state index is 11.7. The van der Waals surface area contributed by atoms with E-state index in [0.29, 0.717) is 10.7 Å². The fraction of sp³-hybridized carbons (Fsp3) is 0.118. The highest BCUT2D eigenvalue weighted by molar-refractivity contribution is 6.30. The lowest BCUT2D eigenvalue weighted by atomic mass is 10.2. The van der Waals surface area contributed by atoms with Crippen LogP contribution in [0.4, 0.5) is 10.5 Å². The molecule has 0 aliphatic carbocycles. The van der Waals surface area contributed by atoms with Gasteiger partial charge >= 0.3 is 6.03 Å². The Bertz CT molecular complexity index is 763. The third kappa shape index (κ3) is 6.52. The van der Waals surface area contributed by atoms with Crippen LogP contribution >= 0.6 is 11.6 Å². The van der Waals surface area contributed by atoms with Gasteiger partial charge in [-0.3, -0.25) is 4.79 Å². The number of ether oxygens (including phenoxy) is 1. The van der Waals surface area contributed by atoms with Crippen molar-refractivity contribution in [2.75, 3.05) is 19.0 Å². The number of hydrazone groups is 1. The number of hydrogen-bond donors (Lipinski definition) is 3. The zero-order valence-corrected chi connectivity index (χ0v) is 14.2. The van der Waals surface area contributed by atoms with Crippen molar-refractivity contribution < 1.29 is 14.3 Å². The molecule has 0 unspecified atom stereocenters. The predicted octanol–water partition coefficient (Wildman–Crippen LogP) is 2.62. The molecule has 2 rings (SSSR count). The van der Waals surface area contributed by atoms with Crippen molar-refractivity contribution in [1.82, 2.24) is 10.7 Å². The van der Waals surface area contributed by atoms with Gasteiger partial charge in [-0.15, -0.1) is 0 Å². The Hall–Kier alpha value is -3.06. The quantitative estimate of drug-likeness (QED) is 0.546. The predicted molar refractivity (Wildman–Crippen MR) is 97.2 cm³/mol. The Balaban J connectivity index is 1.72. The van der Waals surface area contributed by atoms with E-state index in [2.05, 4.69) is 21.2 Å². The van der Waals surface area contributed by atoms with Gasteiger partial charge in [0.25, 0.3) is 5.91 Å². The molecule has 130 valence electrons. The minimum absolute atomic E-state index is 0.216. The Morgan fingerprint density at radius 1 is 1.20 bits per heavy atom. The number of nitrogens with one attached hydrogen (secondary N) is 3. The molecule has 0 bridgehead atoms. The fourth-order valence-electron chi connectivity index (χ4n) is 1.81. The van der Waals surface area contributed by atoms with Crippen LogP contribution in [0.2, 0.25) is 5.02 Å². The Morgan fingerprint density at radius 2 is 1.96 bits per heavy atom. The SMILES string of the molecule is COc1ccc(C=NNC(=O)CNC(=O)Nc2cccc(Cl)c2)cc1. The minimum Gasteiger partial charge on any atom is -0.497 e. The smallest absolute Gasteiger partial charge is 0.319 e. The van der Waals surface area contributed by atoms with Crippen molar-refractivity contribution in [2.45, 2.75) is 0 Å². The summed E-state index contributed by atoms with van der Waals surface area (Å²) in [6, 6.07) is 13.3. The number of carbonyl (C=O) groups is 2. The van der Waals surface area contributed by atoms with Gasteiger partial charge < -0.3 is 15.4 Å². The highest BCUT2D eigenvalue weighted by atomic mass is 35.5. The number of amides is 3. The number of anilines is 1. The monoisotopic (exact) mass is 360 g/mol. The lowest BCUT2D eigenvalue weighted by Crippen LogP contribution is -2.37. The molecule has 3 N–H and O–H groups in total. The van der Waals surface area contributed by atoms with Crippen molar-refractivity contribution in [3.63, 3.8) is 0 Å². The highest BCUT2D eigenvalue weighted by Crippen LogP contribution is 2.14. The second-order valence-electron chi connectivity index (χ2n) is 4.88. The molecule has 2 aromatic carbocycles. The second-order valence-corrected chi connectivity index (χ2v) is 5.32. The zero-order valence-electron chi connectivity index (χ0n) is 13.5. The number of benzene rings is 2. The first-order chi connectivity index (χ1) is 12.1. The molecule has 0 aliphatic rings. The van der Waals surface area contributed by atoms with E-state index in [1.54, 1.807) is 55.6 Å². The summed E-state index contributed by atoms with van der Waals surface area (Å²) in [5, 5.41) is 9.30. The summed E-state index contributed by atoms with van der Waals surface area (Å²) in [4.78, 5) is 23.3. The molecule has 0 saturated carbocycles. The summed E-state index contributed by atoms with van der Waals surface area (Å²) >= 11 is 5.82. The molecule has 0 spiro atoms. The van der Waals surface area contributed by atoms with E-state index >= 15 is 0 Å². The fourth-order valence-corrected chi connectivity index (χ4v) is 2.00. The molecular weight excluding hydrogens is 344 g/mol. The molecule has 0 heterocycles. The number of urea groups is 1. The molecule has 0 fully saturated rings. The van der Waals surface area contributed by atoms with Crippen LogP contribution in [0.25, 0.3) is 0 Å². The first-order valence-corrected chi connectivity index (χ1v) is 7.71. The highest BCUT2D eigenvalue weighted by Gasteiger charge is 2.05. The maximum Gasteiger partial charge on any atom is 0.319 e. The number of hydrogen-bond acceptors (Lipinski definition) is 4. The van der Waals surface area contributed by atoms with Crippen LogP contribution in [0.3, 0.4) is 0 Å². The van der Waals surface area contributed by atoms with E-state index in [0.717, 1.165) is 11.3 Å². The second kappa shape index (κ2) is 9.29. The summed E-state index contributed by atoms with van der Waals surface area (Å²) in [5.41, 5.74) is 3.65. The lowest BCUT2D eigenvalue weighted by Gasteiger charge is -2.07. The van der Waals surface area contributed by atoms with E-state index in [4.69, 9.17) is 16.3 Å². The lowest BCUT2D eigenvalue weighted by molar-refractivity contribution is -0.120. The third-order valence-corrected chi connectivity index (χ3v) is 3.25. The minimum atomic E-state index is -0.517. The molecule has 0 aromatic heterocycles. The first kappa shape index (κ1) is 18.3. The van der Waals surface area contributed by atoms with Gasteiger partial charge in [0.15, 0.2) is 0 Å². The van der Waals surface area contributed by atoms with Crippen molar-refractivity contribution in [1.29, 1.82) is 0 Å². The molecule has 0 saturated heterocycles. The zero-order chi connectivity index (χ0) is 18.1. The Morgan fingerprint density at radius 3 is 2.64 bits per heavy atom. The van der Waals surface area contributed by atoms with Crippen molar-refractivity contribution in [3.05, 3.63) is 59.1 Å². The summed E-state index contributed by atoms with van der Waals surface area (Å²) < 4.78 is 5.05. The molecule has 8 heteroatoms. The number of carbonyl (C=O) groups excluding carboxylic acids is 2. The van der Waals surface area contributed by atoms with Gasteiger partial charge in [0.05, 0.1) is 13.3 Å². The van der Waals surface area contributed by atoms with Crippen LogP contribution in [-0.4, -0.2) is 31.8 Å². The topological polar surface area (TPSA) is 91.8 Å². The van der Waals surface area contributed by atoms with Crippen LogP contribution in [0.1, 0.15) is 5.56 Å². The van der Waals surface area contributed by atoms with Crippen LogP contribution < -0.4 is 20.8 Å². The molecule has 3 amide bonds. The number of rotatable bonds is 6. The van der Waals surface area contributed by atoms with Crippen LogP contribution in [0, 0.1) is 0 Å². The Kier molecular flexibility index (Phi) is 6.79. The largest absolute Gasteiger partial charge is 0.497 e. The van der Waals surface area contributed by atoms with Gasteiger partial charge in [0.2, 0.25) is 0 Å². The van der Waals surface area contributed by atoms with Crippen LogP contribution in [0.5, 0.6) is 5.75 Å².